The van der Waals surface area contributed by atoms with Gasteiger partial charge in [-0.15, -0.1) is 0 Å². The maximum absolute atomic E-state index is 11.1. The van der Waals surface area contributed by atoms with Gasteiger partial charge in [0, 0.05) is 0 Å². The molecule has 98 valence electrons. The van der Waals surface area contributed by atoms with Gasteiger partial charge in [0.25, 0.3) is 0 Å². The van der Waals surface area contributed by atoms with E-state index in [2.05, 4.69) is 32.9 Å². The molecule has 2 nitrogen and oxygen atoms in total. The van der Waals surface area contributed by atoms with E-state index in [1.165, 1.54) is 22.3 Å². The van der Waals surface area contributed by atoms with Gasteiger partial charge in [-0.3, -0.25) is 4.79 Å². The number of carbonyl (C=O) groups excluding carboxylic acids is 1. The first-order valence-corrected chi connectivity index (χ1v) is 6.28. The third-order valence-electron chi connectivity index (χ3n) is 3.32. The molecule has 0 unspecified atom stereocenters. The number of carbonyl (C=O) groups is 1. The van der Waals surface area contributed by atoms with Crippen LogP contribution in [0.15, 0.2) is 30.3 Å². The molecule has 0 aliphatic carbocycles. The highest BCUT2D eigenvalue weighted by Crippen LogP contribution is 2.31. The van der Waals surface area contributed by atoms with Crippen LogP contribution in [0.5, 0.6) is 5.75 Å². The molecular formula is C17H18O2. The van der Waals surface area contributed by atoms with E-state index in [9.17, 15) is 4.79 Å². The third kappa shape index (κ3) is 2.53. The van der Waals surface area contributed by atoms with E-state index in [4.69, 9.17) is 4.74 Å². The zero-order valence-electron chi connectivity index (χ0n) is 11.8. The average molecular weight is 254 g/mol. The van der Waals surface area contributed by atoms with E-state index in [1.807, 2.05) is 18.2 Å². The second kappa shape index (κ2) is 5.27. The second-order valence-electron chi connectivity index (χ2n) is 4.85. The largest absolute Gasteiger partial charge is 0.496 e. The Morgan fingerprint density at radius 3 is 2.16 bits per heavy atom. The number of hydrogen-bond donors (Lipinski definition) is 0. The minimum absolute atomic E-state index is 0.583. The van der Waals surface area contributed by atoms with Gasteiger partial charge in [-0.2, -0.15) is 0 Å². The fourth-order valence-electron chi connectivity index (χ4n) is 2.62. The monoisotopic (exact) mass is 254 g/mol. The highest BCUT2D eigenvalue weighted by molar-refractivity contribution is 5.84. The first-order valence-electron chi connectivity index (χ1n) is 6.28. The van der Waals surface area contributed by atoms with Crippen molar-refractivity contribution < 1.29 is 9.53 Å². The lowest BCUT2D eigenvalue weighted by molar-refractivity contribution is 0.112. The van der Waals surface area contributed by atoms with Crippen LogP contribution in [-0.2, 0) is 0 Å². The highest BCUT2D eigenvalue weighted by atomic mass is 16.5. The lowest BCUT2D eigenvalue weighted by atomic mass is 9.93. The summed E-state index contributed by atoms with van der Waals surface area (Å²) >= 11 is 0. The number of benzene rings is 2. The van der Waals surface area contributed by atoms with Crippen LogP contribution in [-0.4, -0.2) is 13.4 Å². The zero-order valence-corrected chi connectivity index (χ0v) is 11.8. The summed E-state index contributed by atoms with van der Waals surface area (Å²) in [7, 11) is 1.57. The van der Waals surface area contributed by atoms with Gasteiger partial charge in [0.2, 0.25) is 0 Å². The van der Waals surface area contributed by atoms with Crippen molar-refractivity contribution in [1.29, 1.82) is 0 Å². The van der Waals surface area contributed by atoms with E-state index in [1.54, 1.807) is 7.11 Å². The molecule has 0 aromatic heterocycles. The number of methoxy groups -OCH3 is 1. The van der Waals surface area contributed by atoms with Crippen LogP contribution in [0.3, 0.4) is 0 Å². The first kappa shape index (κ1) is 13.3. The Morgan fingerprint density at radius 2 is 1.63 bits per heavy atom. The molecule has 2 rings (SSSR count). The van der Waals surface area contributed by atoms with Gasteiger partial charge in [0.15, 0.2) is 6.29 Å². The summed E-state index contributed by atoms with van der Waals surface area (Å²) in [5, 5.41) is 0. The van der Waals surface area contributed by atoms with Crippen molar-refractivity contribution in [3.05, 3.63) is 52.6 Å². The van der Waals surface area contributed by atoms with E-state index in [0.717, 1.165) is 11.8 Å². The molecule has 0 atom stereocenters. The zero-order chi connectivity index (χ0) is 14.0. The van der Waals surface area contributed by atoms with Gasteiger partial charge in [-0.1, -0.05) is 23.8 Å². The SMILES string of the molecule is COc1ccc(-c2c(C)cc(C)cc2C)cc1C=O. The Hall–Kier alpha value is -2.09. The molecule has 0 amide bonds. The average Bonchev–Trinajstić information content (AvgIpc) is 2.37. The van der Waals surface area contributed by atoms with Crippen LogP contribution >= 0.6 is 0 Å². The quantitative estimate of drug-likeness (QED) is 0.771. The first-order chi connectivity index (χ1) is 9.06. The van der Waals surface area contributed by atoms with Crippen LogP contribution in [0.4, 0.5) is 0 Å². The molecule has 0 bridgehead atoms. The maximum Gasteiger partial charge on any atom is 0.153 e. The summed E-state index contributed by atoms with van der Waals surface area (Å²) in [6.07, 6.45) is 0.835. The van der Waals surface area contributed by atoms with Crippen molar-refractivity contribution in [3.8, 4) is 16.9 Å². The Labute approximate surface area is 114 Å². The van der Waals surface area contributed by atoms with Gasteiger partial charge in [-0.05, 0) is 55.2 Å². The summed E-state index contributed by atoms with van der Waals surface area (Å²) in [6, 6.07) is 10.0. The molecule has 0 radical (unpaired) electrons. The number of ether oxygens (including phenoxy) is 1. The predicted octanol–water partition coefficient (Wildman–Crippen LogP) is 4.10. The number of aldehydes is 1. The van der Waals surface area contributed by atoms with Crippen LogP contribution in [0, 0.1) is 20.8 Å². The molecule has 0 heterocycles. The summed E-state index contributed by atoms with van der Waals surface area (Å²) in [6.45, 7) is 6.29. The Kier molecular flexibility index (Phi) is 3.70. The fraction of sp³-hybridized carbons (Fsp3) is 0.235. The Bertz CT molecular complexity index is 604. The molecule has 0 saturated heterocycles. The topological polar surface area (TPSA) is 26.3 Å². The standard InChI is InChI=1S/C17H18O2/c1-11-7-12(2)17(13(3)8-11)14-5-6-16(19-4)15(9-14)10-18/h5-10H,1-4H3. The number of hydrogen-bond acceptors (Lipinski definition) is 2. The summed E-state index contributed by atoms with van der Waals surface area (Å²) in [5.74, 6) is 0.612. The van der Waals surface area contributed by atoms with Gasteiger partial charge in [-0.25, -0.2) is 0 Å². The minimum Gasteiger partial charge on any atom is -0.496 e. The van der Waals surface area contributed by atoms with Crippen molar-refractivity contribution in [3.63, 3.8) is 0 Å². The van der Waals surface area contributed by atoms with E-state index in [0.29, 0.717) is 11.3 Å². The summed E-state index contributed by atoms with van der Waals surface area (Å²) in [5.41, 5.74) is 6.52. The normalized spacial score (nSPS) is 10.3. The Morgan fingerprint density at radius 1 is 1.00 bits per heavy atom. The number of rotatable bonds is 3. The van der Waals surface area contributed by atoms with Gasteiger partial charge < -0.3 is 4.74 Å². The molecule has 0 spiro atoms. The van der Waals surface area contributed by atoms with E-state index < -0.39 is 0 Å². The fourth-order valence-corrected chi connectivity index (χ4v) is 2.62. The van der Waals surface area contributed by atoms with Gasteiger partial charge in [0.1, 0.15) is 5.75 Å². The molecule has 2 aromatic carbocycles. The van der Waals surface area contributed by atoms with Gasteiger partial charge >= 0.3 is 0 Å². The van der Waals surface area contributed by atoms with Crippen LogP contribution in [0.25, 0.3) is 11.1 Å². The molecule has 0 aliphatic heterocycles. The molecule has 0 fully saturated rings. The lowest BCUT2D eigenvalue weighted by Gasteiger charge is -2.13. The second-order valence-corrected chi connectivity index (χ2v) is 4.85. The van der Waals surface area contributed by atoms with Crippen molar-refractivity contribution in [2.75, 3.05) is 7.11 Å². The van der Waals surface area contributed by atoms with Gasteiger partial charge in [0.05, 0.1) is 12.7 Å². The van der Waals surface area contributed by atoms with E-state index >= 15 is 0 Å². The van der Waals surface area contributed by atoms with Crippen LogP contribution < -0.4 is 4.74 Å². The molecule has 2 heteroatoms. The number of aryl methyl sites for hydroxylation is 3. The molecule has 19 heavy (non-hydrogen) atoms. The van der Waals surface area contributed by atoms with E-state index in [-0.39, 0.29) is 0 Å². The predicted molar refractivity (Wildman–Crippen MR) is 78.0 cm³/mol. The van der Waals surface area contributed by atoms with Crippen LogP contribution in [0.1, 0.15) is 27.0 Å². The summed E-state index contributed by atoms with van der Waals surface area (Å²) in [4.78, 5) is 11.1. The van der Waals surface area contributed by atoms with Crippen molar-refractivity contribution in [2.45, 2.75) is 20.8 Å². The lowest BCUT2D eigenvalue weighted by Crippen LogP contribution is -1.94. The highest BCUT2D eigenvalue weighted by Gasteiger charge is 2.09. The summed E-state index contributed by atoms with van der Waals surface area (Å²) < 4.78 is 5.18. The third-order valence-corrected chi connectivity index (χ3v) is 3.32. The molecule has 2 aromatic rings. The Balaban J connectivity index is 2.63. The molecular weight excluding hydrogens is 236 g/mol. The molecule has 0 saturated carbocycles. The maximum atomic E-state index is 11.1. The van der Waals surface area contributed by atoms with Crippen LogP contribution in [0.2, 0.25) is 0 Å². The van der Waals surface area contributed by atoms with Crippen molar-refractivity contribution in [1.82, 2.24) is 0 Å². The van der Waals surface area contributed by atoms with Crippen molar-refractivity contribution in [2.24, 2.45) is 0 Å². The van der Waals surface area contributed by atoms with Crippen molar-refractivity contribution >= 4 is 6.29 Å². The molecule has 0 N–H and O–H groups in total. The molecule has 0 aliphatic rings. The minimum atomic E-state index is 0.583. The smallest absolute Gasteiger partial charge is 0.153 e.